The number of nitriles is 1. The molecule has 0 unspecified atom stereocenters. The van der Waals surface area contributed by atoms with Gasteiger partial charge in [-0.05, 0) is 28.1 Å². The minimum Gasteiger partial charge on any atom is -0.192 e. The second kappa shape index (κ2) is 3.60. The van der Waals surface area contributed by atoms with Crippen molar-refractivity contribution in [3.05, 3.63) is 34.3 Å². The first-order valence-corrected chi connectivity index (χ1v) is 4.39. The fourth-order valence-electron chi connectivity index (χ4n) is 0.782. The smallest absolute Gasteiger partial charge is 0.192 e. The first kappa shape index (κ1) is 10.4. The summed E-state index contributed by atoms with van der Waals surface area (Å²) in [5.74, 6) is 0. The highest BCUT2D eigenvalue weighted by Gasteiger charge is 2.27. The molecule has 0 fully saturated rings. The number of hydrogen-bond donors (Lipinski definition) is 0. The Balaban J connectivity index is 3.20. The summed E-state index contributed by atoms with van der Waals surface area (Å²) in [6.45, 7) is 0. The van der Waals surface area contributed by atoms with Crippen molar-refractivity contribution in [2.24, 2.45) is 0 Å². The Morgan fingerprint density at radius 3 is 2.46 bits per heavy atom. The van der Waals surface area contributed by atoms with E-state index in [1.807, 2.05) is 0 Å². The van der Waals surface area contributed by atoms with E-state index >= 15 is 0 Å². The normalized spacial score (nSPS) is 11.0. The lowest BCUT2D eigenvalue weighted by molar-refractivity contribution is 0.114. The van der Waals surface area contributed by atoms with E-state index in [2.05, 4.69) is 15.9 Å². The fourth-order valence-corrected chi connectivity index (χ4v) is 1.25. The molecule has 0 aliphatic rings. The maximum absolute atomic E-state index is 12.6. The van der Waals surface area contributed by atoms with Gasteiger partial charge in [0.05, 0.1) is 10.6 Å². The van der Waals surface area contributed by atoms with Gasteiger partial charge in [0.25, 0.3) is 0 Å². The van der Waals surface area contributed by atoms with Gasteiger partial charge in [0.15, 0.2) is 0 Å². The van der Waals surface area contributed by atoms with Crippen LogP contribution >= 0.6 is 27.5 Å². The summed E-state index contributed by atoms with van der Waals surface area (Å²) in [7, 11) is 0. The molecule has 1 nitrogen and oxygen atoms in total. The minimum absolute atomic E-state index is 0.0270. The third-order valence-electron chi connectivity index (χ3n) is 1.42. The van der Waals surface area contributed by atoms with Crippen molar-refractivity contribution in [3.8, 4) is 6.07 Å². The standard InChI is InChI=1S/C8H3BrClF2N/c9-8(11,12)6-2-1-5(4-13)7(10)3-6/h1-3H. The molecule has 5 heteroatoms. The summed E-state index contributed by atoms with van der Waals surface area (Å²) in [6.07, 6.45) is 0. The zero-order valence-electron chi connectivity index (χ0n) is 6.19. The Morgan fingerprint density at radius 1 is 1.46 bits per heavy atom. The Hall–Kier alpha value is -0.660. The second-order valence-corrected chi connectivity index (χ2v) is 3.71. The van der Waals surface area contributed by atoms with Crippen molar-refractivity contribution in [2.45, 2.75) is 4.83 Å². The molecule has 1 rings (SSSR count). The molecule has 0 aliphatic heterocycles. The van der Waals surface area contributed by atoms with Crippen molar-refractivity contribution in [3.63, 3.8) is 0 Å². The average molecular weight is 266 g/mol. The third-order valence-corrected chi connectivity index (χ3v) is 2.19. The van der Waals surface area contributed by atoms with Crippen molar-refractivity contribution < 1.29 is 8.78 Å². The molecule has 0 heterocycles. The van der Waals surface area contributed by atoms with E-state index < -0.39 is 4.83 Å². The highest BCUT2D eigenvalue weighted by atomic mass is 79.9. The molecule has 0 atom stereocenters. The molecule has 0 aliphatic carbocycles. The van der Waals surface area contributed by atoms with Gasteiger partial charge in [0.2, 0.25) is 0 Å². The predicted molar refractivity (Wildman–Crippen MR) is 49.0 cm³/mol. The zero-order chi connectivity index (χ0) is 10.1. The summed E-state index contributed by atoms with van der Waals surface area (Å²) >= 11 is 7.75. The Morgan fingerprint density at radius 2 is 2.08 bits per heavy atom. The Labute approximate surface area is 87.1 Å². The largest absolute Gasteiger partial charge is 0.326 e. The highest BCUT2D eigenvalue weighted by molar-refractivity contribution is 9.09. The summed E-state index contributed by atoms with van der Waals surface area (Å²) in [5.41, 5.74) is -0.0846. The summed E-state index contributed by atoms with van der Waals surface area (Å²) in [6, 6.07) is 5.25. The van der Waals surface area contributed by atoms with E-state index in [0.717, 1.165) is 12.1 Å². The van der Waals surface area contributed by atoms with Gasteiger partial charge >= 0.3 is 4.83 Å². The Bertz CT molecular complexity index is 367. The molecule has 0 aromatic heterocycles. The van der Waals surface area contributed by atoms with E-state index in [-0.39, 0.29) is 16.1 Å². The van der Waals surface area contributed by atoms with E-state index in [0.29, 0.717) is 0 Å². The van der Waals surface area contributed by atoms with Crippen LogP contribution in [0.1, 0.15) is 11.1 Å². The van der Waals surface area contributed by atoms with E-state index in [1.54, 1.807) is 6.07 Å². The third kappa shape index (κ3) is 2.39. The van der Waals surface area contributed by atoms with Gasteiger partial charge in [-0.25, -0.2) is 0 Å². The number of benzene rings is 1. The van der Waals surface area contributed by atoms with Crippen LogP contribution in [0.2, 0.25) is 5.02 Å². The molecule has 0 radical (unpaired) electrons. The quantitative estimate of drug-likeness (QED) is 0.712. The molecule has 0 amide bonds. The number of hydrogen-bond acceptors (Lipinski definition) is 1. The Kier molecular flexibility index (Phi) is 2.89. The summed E-state index contributed by atoms with van der Waals surface area (Å²) < 4.78 is 25.3. The zero-order valence-corrected chi connectivity index (χ0v) is 8.53. The molecular weight excluding hydrogens is 263 g/mol. The second-order valence-electron chi connectivity index (χ2n) is 2.30. The van der Waals surface area contributed by atoms with Gasteiger partial charge in [-0.1, -0.05) is 17.7 Å². The monoisotopic (exact) mass is 265 g/mol. The predicted octanol–water partition coefficient (Wildman–Crippen LogP) is 3.66. The van der Waals surface area contributed by atoms with Gasteiger partial charge in [0.1, 0.15) is 6.07 Å². The molecular formula is C8H3BrClF2N. The molecule has 13 heavy (non-hydrogen) atoms. The van der Waals surface area contributed by atoms with Crippen LogP contribution in [0.4, 0.5) is 8.78 Å². The molecule has 0 saturated heterocycles. The molecule has 68 valence electrons. The topological polar surface area (TPSA) is 23.8 Å². The van der Waals surface area contributed by atoms with Crippen LogP contribution in [0.25, 0.3) is 0 Å². The first-order valence-electron chi connectivity index (χ1n) is 3.22. The van der Waals surface area contributed by atoms with E-state index in [1.165, 1.54) is 6.07 Å². The van der Waals surface area contributed by atoms with Crippen LogP contribution in [0.15, 0.2) is 18.2 Å². The summed E-state index contributed by atoms with van der Waals surface area (Å²) in [4.78, 5) is -3.11. The number of alkyl halides is 3. The minimum atomic E-state index is -3.11. The van der Waals surface area contributed by atoms with E-state index in [4.69, 9.17) is 16.9 Å². The maximum atomic E-state index is 12.6. The highest BCUT2D eigenvalue weighted by Crippen LogP contribution is 2.36. The van der Waals surface area contributed by atoms with Gasteiger partial charge < -0.3 is 0 Å². The molecule has 1 aromatic rings. The van der Waals surface area contributed by atoms with Crippen molar-refractivity contribution >= 4 is 27.5 Å². The van der Waals surface area contributed by atoms with Crippen molar-refractivity contribution in [1.29, 1.82) is 5.26 Å². The van der Waals surface area contributed by atoms with Crippen LogP contribution in [0.3, 0.4) is 0 Å². The van der Waals surface area contributed by atoms with Gasteiger partial charge in [-0.15, -0.1) is 0 Å². The fraction of sp³-hybridized carbons (Fsp3) is 0.125. The molecule has 1 aromatic carbocycles. The van der Waals surface area contributed by atoms with Crippen LogP contribution in [-0.2, 0) is 4.83 Å². The SMILES string of the molecule is N#Cc1ccc(C(F)(F)Br)cc1Cl. The van der Waals surface area contributed by atoms with Crippen molar-refractivity contribution in [2.75, 3.05) is 0 Å². The van der Waals surface area contributed by atoms with Crippen LogP contribution in [-0.4, -0.2) is 0 Å². The average Bonchev–Trinajstić information content (AvgIpc) is 2.02. The number of nitrogens with zero attached hydrogens (tertiary/aromatic N) is 1. The molecule has 0 saturated carbocycles. The summed E-state index contributed by atoms with van der Waals surface area (Å²) in [5, 5.41) is 8.51. The first-order chi connectivity index (χ1) is 5.95. The van der Waals surface area contributed by atoms with Crippen LogP contribution in [0, 0.1) is 11.3 Å². The van der Waals surface area contributed by atoms with E-state index in [9.17, 15) is 8.78 Å². The maximum Gasteiger partial charge on any atom is 0.326 e. The van der Waals surface area contributed by atoms with Crippen molar-refractivity contribution in [1.82, 2.24) is 0 Å². The lowest BCUT2D eigenvalue weighted by Crippen LogP contribution is -2.02. The number of halogens is 4. The molecule has 0 N–H and O–H groups in total. The lowest BCUT2D eigenvalue weighted by atomic mass is 10.1. The lowest BCUT2D eigenvalue weighted by Gasteiger charge is -2.08. The van der Waals surface area contributed by atoms with Crippen LogP contribution in [0.5, 0.6) is 0 Å². The van der Waals surface area contributed by atoms with Gasteiger partial charge in [0, 0.05) is 5.56 Å². The number of rotatable bonds is 1. The van der Waals surface area contributed by atoms with Gasteiger partial charge in [-0.3, -0.25) is 0 Å². The molecule has 0 bridgehead atoms. The van der Waals surface area contributed by atoms with Gasteiger partial charge in [-0.2, -0.15) is 14.0 Å². The molecule has 0 spiro atoms. The van der Waals surface area contributed by atoms with Crippen LogP contribution < -0.4 is 0 Å².